The van der Waals surface area contributed by atoms with Crippen LogP contribution >= 0.6 is 0 Å². The summed E-state index contributed by atoms with van der Waals surface area (Å²) in [6.07, 6.45) is 1.50. The van der Waals surface area contributed by atoms with Crippen LogP contribution < -0.4 is 0 Å². The molecule has 0 amide bonds. The summed E-state index contributed by atoms with van der Waals surface area (Å²) in [5.74, 6) is 0. The number of methoxy groups -OCH3 is 1. The first-order chi connectivity index (χ1) is 4.62. The average molecular weight is 143 g/mol. The summed E-state index contributed by atoms with van der Waals surface area (Å²) in [6.45, 7) is 5.05. The molecule has 0 aromatic rings. The Labute approximate surface area is 61.1 Å². The van der Waals surface area contributed by atoms with Gasteiger partial charge in [-0.25, -0.2) is 9.79 Å². The monoisotopic (exact) mass is 143 g/mol. The molecule has 0 aromatic carbocycles. The average Bonchev–Trinajstić information content (AvgIpc) is 1.84. The van der Waals surface area contributed by atoms with Gasteiger partial charge in [0, 0.05) is 12.5 Å². The van der Waals surface area contributed by atoms with Crippen molar-refractivity contribution in [2.75, 3.05) is 20.3 Å². The SMILES string of the molecule is COCC(C)(C)CN=C=O. The first-order valence-electron chi connectivity index (χ1n) is 3.15. The summed E-state index contributed by atoms with van der Waals surface area (Å²) in [5, 5.41) is 0. The maximum Gasteiger partial charge on any atom is 0.234 e. The van der Waals surface area contributed by atoms with Crippen LogP contribution in [-0.4, -0.2) is 26.3 Å². The Morgan fingerprint density at radius 2 is 2.20 bits per heavy atom. The predicted molar refractivity (Wildman–Crippen MR) is 38.6 cm³/mol. The number of hydrogen-bond donors (Lipinski definition) is 0. The van der Waals surface area contributed by atoms with Gasteiger partial charge >= 0.3 is 0 Å². The van der Waals surface area contributed by atoms with Crippen LogP contribution in [0.2, 0.25) is 0 Å². The Morgan fingerprint density at radius 1 is 1.60 bits per heavy atom. The molecule has 0 aliphatic rings. The third-order valence-electron chi connectivity index (χ3n) is 1.11. The molecule has 3 nitrogen and oxygen atoms in total. The van der Waals surface area contributed by atoms with Crippen molar-refractivity contribution in [3.05, 3.63) is 0 Å². The van der Waals surface area contributed by atoms with Gasteiger partial charge in [0.25, 0.3) is 0 Å². The molecular weight excluding hydrogens is 130 g/mol. The molecule has 0 saturated carbocycles. The van der Waals surface area contributed by atoms with Gasteiger partial charge < -0.3 is 4.74 Å². The molecule has 0 spiro atoms. The molecule has 0 aliphatic carbocycles. The lowest BCUT2D eigenvalue weighted by Crippen LogP contribution is -2.21. The first-order valence-corrected chi connectivity index (χ1v) is 3.15. The molecule has 3 heteroatoms. The molecule has 0 heterocycles. The molecule has 0 aliphatic heterocycles. The second-order valence-electron chi connectivity index (χ2n) is 3.00. The third-order valence-corrected chi connectivity index (χ3v) is 1.11. The lowest BCUT2D eigenvalue weighted by molar-refractivity contribution is 0.110. The van der Waals surface area contributed by atoms with Crippen LogP contribution in [0.1, 0.15) is 13.8 Å². The van der Waals surface area contributed by atoms with E-state index in [0.29, 0.717) is 13.2 Å². The number of hydrogen-bond acceptors (Lipinski definition) is 3. The van der Waals surface area contributed by atoms with Crippen molar-refractivity contribution in [3.8, 4) is 0 Å². The van der Waals surface area contributed by atoms with Crippen LogP contribution in [0.25, 0.3) is 0 Å². The quantitative estimate of drug-likeness (QED) is 0.435. The molecule has 0 saturated heterocycles. The fraction of sp³-hybridized carbons (Fsp3) is 0.857. The number of nitrogens with zero attached hydrogens (tertiary/aromatic N) is 1. The Hall–Kier alpha value is -0.660. The van der Waals surface area contributed by atoms with E-state index in [2.05, 4.69) is 4.99 Å². The Kier molecular flexibility index (Phi) is 3.93. The number of carbonyl (C=O) groups excluding carboxylic acids is 1. The summed E-state index contributed by atoms with van der Waals surface area (Å²) in [5.41, 5.74) is -0.0494. The van der Waals surface area contributed by atoms with E-state index in [-0.39, 0.29) is 5.41 Å². The van der Waals surface area contributed by atoms with Crippen molar-refractivity contribution in [2.24, 2.45) is 10.4 Å². The lowest BCUT2D eigenvalue weighted by atomic mass is 9.95. The smallest absolute Gasteiger partial charge is 0.234 e. The Morgan fingerprint density at radius 3 is 2.60 bits per heavy atom. The zero-order valence-electron chi connectivity index (χ0n) is 6.68. The molecule has 0 aromatic heterocycles. The van der Waals surface area contributed by atoms with Crippen molar-refractivity contribution >= 4 is 6.08 Å². The van der Waals surface area contributed by atoms with Crippen molar-refractivity contribution in [2.45, 2.75) is 13.8 Å². The van der Waals surface area contributed by atoms with Crippen LogP contribution in [0.3, 0.4) is 0 Å². The van der Waals surface area contributed by atoms with E-state index >= 15 is 0 Å². The third kappa shape index (κ3) is 4.24. The minimum atomic E-state index is -0.0494. The number of rotatable bonds is 4. The molecule has 10 heavy (non-hydrogen) atoms. The van der Waals surface area contributed by atoms with E-state index < -0.39 is 0 Å². The van der Waals surface area contributed by atoms with Gasteiger partial charge in [0.15, 0.2) is 0 Å². The van der Waals surface area contributed by atoms with E-state index in [1.54, 1.807) is 7.11 Å². The summed E-state index contributed by atoms with van der Waals surface area (Å²) in [7, 11) is 1.63. The highest BCUT2D eigenvalue weighted by Crippen LogP contribution is 2.14. The van der Waals surface area contributed by atoms with Crippen LogP contribution in [0.15, 0.2) is 4.99 Å². The summed E-state index contributed by atoms with van der Waals surface area (Å²) < 4.78 is 4.91. The van der Waals surface area contributed by atoms with E-state index in [0.717, 1.165) is 0 Å². The van der Waals surface area contributed by atoms with Gasteiger partial charge in [-0.15, -0.1) is 0 Å². The van der Waals surface area contributed by atoms with E-state index in [4.69, 9.17) is 4.74 Å². The van der Waals surface area contributed by atoms with Gasteiger partial charge in [-0.2, -0.15) is 0 Å². The lowest BCUT2D eigenvalue weighted by Gasteiger charge is -2.19. The Balaban J connectivity index is 3.73. The van der Waals surface area contributed by atoms with Gasteiger partial charge in [-0.1, -0.05) is 13.8 Å². The Bertz CT molecular complexity index is 137. The van der Waals surface area contributed by atoms with Crippen LogP contribution in [0.4, 0.5) is 0 Å². The number of isocyanates is 1. The molecule has 0 fully saturated rings. The predicted octanol–water partition coefficient (Wildman–Crippen LogP) is 0.995. The highest BCUT2D eigenvalue weighted by Gasteiger charge is 2.16. The molecule has 0 bridgehead atoms. The molecule has 0 N–H and O–H groups in total. The molecular formula is C7H13NO2. The van der Waals surface area contributed by atoms with Crippen LogP contribution in [0.5, 0.6) is 0 Å². The first kappa shape index (κ1) is 9.34. The van der Waals surface area contributed by atoms with Gasteiger partial charge in [0.1, 0.15) is 0 Å². The normalized spacial score (nSPS) is 10.7. The largest absolute Gasteiger partial charge is 0.384 e. The second kappa shape index (κ2) is 4.20. The van der Waals surface area contributed by atoms with E-state index in [1.165, 1.54) is 6.08 Å². The molecule has 0 atom stereocenters. The number of aliphatic imine (C=N–C) groups is 1. The van der Waals surface area contributed by atoms with Crippen LogP contribution in [0, 0.1) is 5.41 Å². The van der Waals surface area contributed by atoms with Gasteiger partial charge in [0.05, 0.1) is 13.2 Å². The van der Waals surface area contributed by atoms with E-state index in [1.807, 2.05) is 13.8 Å². The molecule has 0 unspecified atom stereocenters. The minimum Gasteiger partial charge on any atom is -0.384 e. The van der Waals surface area contributed by atoms with Crippen molar-refractivity contribution in [1.29, 1.82) is 0 Å². The fourth-order valence-electron chi connectivity index (χ4n) is 0.683. The highest BCUT2D eigenvalue weighted by molar-refractivity contribution is 5.32. The van der Waals surface area contributed by atoms with Crippen molar-refractivity contribution < 1.29 is 9.53 Å². The van der Waals surface area contributed by atoms with Crippen LogP contribution in [-0.2, 0) is 9.53 Å². The number of ether oxygens (including phenoxy) is 1. The highest BCUT2D eigenvalue weighted by atomic mass is 16.5. The topological polar surface area (TPSA) is 38.7 Å². The fourth-order valence-corrected chi connectivity index (χ4v) is 0.683. The molecule has 58 valence electrons. The van der Waals surface area contributed by atoms with Gasteiger partial charge in [-0.3, -0.25) is 0 Å². The van der Waals surface area contributed by atoms with E-state index in [9.17, 15) is 4.79 Å². The zero-order chi connectivity index (χ0) is 8.04. The van der Waals surface area contributed by atoms with Crippen molar-refractivity contribution in [3.63, 3.8) is 0 Å². The molecule has 0 radical (unpaired) electrons. The maximum atomic E-state index is 9.72. The minimum absolute atomic E-state index is 0.0494. The second-order valence-corrected chi connectivity index (χ2v) is 3.00. The zero-order valence-corrected chi connectivity index (χ0v) is 6.68. The summed E-state index contributed by atoms with van der Waals surface area (Å²) in [4.78, 5) is 13.2. The summed E-state index contributed by atoms with van der Waals surface area (Å²) in [6, 6.07) is 0. The maximum absolute atomic E-state index is 9.72. The standard InChI is InChI=1S/C7H13NO2/c1-7(2,5-10-3)4-8-6-9/h4-5H2,1-3H3. The van der Waals surface area contributed by atoms with Crippen molar-refractivity contribution in [1.82, 2.24) is 0 Å². The van der Waals surface area contributed by atoms with Gasteiger partial charge in [-0.05, 0) is 0 Å². The molecule has 0 rings (SSSR count). The summed E-state index contributed by atoms with van der Waals surface area (Å²) >= 11 is 0. The van der Waals surface area contributed by atoms with Gasteiger partial charge in [0.2, 0.25) is 6.08 Å².